The van der Waals surface area contributed by atoms with E-state index in [2.05, 4.69) is 14.9 Å². The van der Waals surface area contributed by atoms with Gasteiger partial charge in [0.15, 0.2) is 18.4 Å². The lowest BCUT2D eigenvalue weighted by molar-refractivity contribution is -0.166. The summed E-state index contributed by atoms with van der Waals surface area (Å²) in [7, 11) is -2.52. The number of esters is 3. The molecule has 1 unspecified atom stereocenters. The zero-order chi connectivity index (χ0) is 28.6. The summed E-state index contributed by atoms with van der Waals surface area (Å²) in [6.45, 7) is 7.25. The van der Waals surface area contributed by atoms with Gasteiger partial charge >= 0.3 is 25.6 Å². The van der Waals surface area contributed by atoms with Crippen LogP contribution in [0.15, 0.2) is 24.0 Å². The topological polar surface area (TPSA) is 185 Å². The van der Waals surface area contributed by atoms with Gasteiger partial charge in [0.1, 0.15) is 12.1 Å². The number of allylic oxidation sites excluding steroid dienone is 1. The Morgan fingerprint density at radius 3 is 2.32 bits per heavy atom. The van der Waals surface area contributed by atoms with Gasteiger partial charge in [0.2, 0.25) is 5.91 Å². The molecule has 0 aromatic carbocycles. The van der Waals surface area contributed by atoms with E-state index in [-0.39, 0.29) is 19.1 Å². The number of nitrogens with zero attached hydrogens (tertiary/aromatic N) is 1. The lowest BCUT2D eigenvalue weighted by Gasteiger charge is -2.30. The highest BCUT2D eigenvalue weighted by molar-refractivity contribution is 7.54. The molecule has 38 heavy (non-hydrogen) atoms. The van der Waals surface area contributed by atoms with Crippen molar-refractivity contribution in [3.63, 3.8) is 0 Å². The SMILES string of the molecule is COC(=O)[C@H](C)NP(=O)(NC(C)C)OCC[C@H]1O[C@@H](N2C=CCC(C(N)=O)=C2)[C@H](OC(C)=O)[C@@H]1OC(C)=O. The van der Waals surface area contributed by atoms with Gasteiger partial charge in [0.05, 0.1) is 13.7 Å². The van der Waals surface area contributed by atoms with E-state index in [4.69, 9.17) is 24.5 Å². The molecule has 1 amide bonds. The molecule has 2 aliphatic rings. The van der Waals surface area contributed by atoms with Crippen molar-refractivity contribution >= 4 is 31.5 Å². The first-order chi connectivity index (χ1) is 17.8. The number of ether oxygens (including phenoxy) is 4. The van der Waals surface area contributed by atoms with Gasteiger partial charge < -0.3 is 34.1 Å². The zero-order valence-corrected chi connectivity index (χ0v) is 23.3. The Hall–Kier alpha value is -2.77. The van der Waals surface area contributed by atoms with Gasteiger partial charge in [-0.3, -0.25) is 23.7 Å². The second kappa shape index (κ2) is 13.9. The van der Waals surface area contributed by atoms with Crippen LogP contribution in [0.2, 0.25) is 0 Å². The predicted molar refractivity (Wildman–Crippen MR) is 134 cm³/mol. The molecular weight excluding hydrogens is 523 g/mol. The fourth-order valence-electron chi connectivity index (χ4n) is 3.96. The van der Waals surface area contributed by atoms with Gasteiger partial charge in [-0.25, -0.2) is 10.2 Å². The van der Waals surface area contributed by atoms with E-state index in [1.165, 1.54) is 39.0 Å². The Bertz CT molecular complexity index is 1000. The molecule has 0 bridgehead atoms. The second-order valence-electron chi connectivity index (χ2n) is 9.10. The monoisotopic (exact) mass is 560 g/mol. The molecule has 14 nitrogen and oxygen atoms in total. The van der Waals surface area contributed by atoms with Crippen LogP contribution >= 0.6 is 7.67 Å². The van der Waals surface area contributed by atoms with Gasteiger partial charge in [-0.15, -0.1) is 0 Å². The summed E-state index contributed by atoms with van der Waals surface area (Å²) < 4.78 is 40.8. The van der Waals surface area contributed by atoms with Crippen molar-refractivity contribution in [2.45, 2.75) is 84.1 Å². The van der Waals surface area contributed by atoms with Crippen molar-refractivity contribution in [3.8, 4) is 0 Å². The summed E-state index contributed by atoms with van der Waals surface area (Å²) in [6, 6.07) is -1.19. The Kier molecular flexibility index (Phi) is 11.5. The number of amides is 1. The molecule has 0 aromatic rings. The number of hydrogen-bond acceptors (Lipinski definition) is 11. The van der Waals surface area contributed by atoms with Gasteiger partial charge in [-0.1, -0.05) is 6.08 Å². The van der Waals surface area contributed by atoms with Crippen LogP contribution in [0.1, 0.15) is 47.5 Å². The molecule has 1 fully saturated rings. The number of carbonyl (C=O) groups is 4. The lowest BCUT2D eigenvalue weighted by atomic mass is 10.1. The van der Waals surface area contributed by atoms with E-state index < -0.39 is 62.1 Å². The van der Waals surface area contributed by atoms with Crippen molar-refractivity contribution in [2.75, 3.05) is 13.7 Å². The molecule has 2 rings (SSSR count). The second-order valence-corrected chi connectivity index (χ2v) is 11.0. The van der Waals surface area contributed by atoms with E-state index in [0.29, 0.717) is 12.0 Å². The van der Waals surface area contributed by atoms with E-state index in [1.54, 1.807) is 26.1 Å². The smallest absolute Gasteiger partial charge is 0.341 e. The zero-order valence-electron chi connectivity index (χ0n) is 22.4. The summed E-state index contributed by atoms with van der Waals surface area (Å²) in [5.74, 6) is -2.52. The first kappa shape index (κ1) is 31.4. The van der Waals surface area contributed by atoms with E-state index >= 15 is 0 Å². The number of nitrogens with one attached hydrogen (secondary N) is 2. The molecular formula is C23H37N4O10P. The Balaban J connectivity index is 2.25. The standard InChI is InChI=1S/C23H37N4O10P/c1-13(2)25-38(32,26-14(3)23(31)33-6)34-11-9-18-19(35-15(4)28)20(36-16(5)29)22(37-18)27-10-7-8-17(12-27)21(24)30/h7,10,12-14,18-20,22H,8-9,11H2,1-6H3,(H2,24,30)(H2,25,26,32)/t14-,18+,19+,20+,22+,38?/m0/s1. The number of nitrogens with two attached hydrogens (primary N) is 1. The minimum Gasteiger partial charge on any atom is -0.468 e. The number of hydrogen-bond donors (Lipinski definition) is 3. The van der Waals surface area contributed by atoms with Crippen molar-refractivity contribution in [3.05, 3.63) is 24.0 Å². The van der Waals surface area contributed by atoms with Crippen LogP contribution in [0.3, 0.4) is 0 Å². The Morgan fingerprint density at radius 1 is 1.13 bits per heavy atom. The number of rotatable bonds is 13. The number of methoxy groups -OCH3 is 1. The highest BCUT2D eigenvalue weighted by Gasteiger charge is 2.51. The van der Waals surface area contributed by atoms with Gasteiger partial charge in [0, 0.05) is 44.3 Å². The fourth-order valence-corrected chi connectivity index (χ4v) is 5.85. The quantitative estimate of drug-likeness (QED) is 0.164. The third-order valence-corrected chi connectivity index (χ3v) is 7.57. The predicted octanol–water partition coefficient (Wildman–Crippen LogP) is 0.827. The molecule has 1 saturated heterocycles. The van der Waals surface area contributed by atoms with Gasteiger partial charge in [-0.05, 0) is 27.2 Å². The largest absolute Gasteiger partial charge is 0.468 e. The van der Waals surface area contributed by atoms with Crippen LogP contribution < -0.4 is 15.9 Å². The molecule has 214 valence electrons. The van der Waals surface area contributed by atoms with Gasteiger partial charge in [-0.2, -0.15) is 0 Å². The molecule has 0 saturated carbocycles. The molecule has 0 aromatic heterocycles. The summed E-state index contributed by atoms with van der Waals surface area (Å²) >= 11 is 0. The van der Waals surface area contributed by atoms with E-state index in [0.717, 1.165) is 0 Å². The van der Waals surface area contributed by atoms with Crippen molar-refractivity contribution in [1.82, 2.24) is 15.1 Å². The third-order valence-electron chi connectivity index (χ3n) is 5.44. The molecule has 0 radical (unpaired) electrons. The Labute approximate surface area is 221 Å². The molecule has 2 aliphatic heterocycles. The minimum absolute atomic E-state index is 0.0637. The number of primary amides is 1. The Morgan fingerprint density at radius 2 is 1.76 bits per heavy atom. The fraction of sp³-hybridized carbons (Fsp3) is 0.652. The maximum atomic E-state index is 13.4. The van der Waals surface area contributed by atoms with E-state index in [1.807, 2.05) is 0 Å². The van der Waals surface area contributed by atoms with Crippen LogP contribution in [0, 0.1) is 0 Å². The molecule has 4 N–H and O–H groups in total. The van der Waals surface area contributed by atoms with Crippen molar-refractivity contribution < 1.29 is 47.2 Å². The average Bonchev–Trinajstić information content (AvgIpc) is 3.13. The first-order valence-electron chi connectivity index (χ1n) is 12.1. The van der Waals surface area contributed by atoms with Crippen LogP contribution in [0.25, 0.3) is 0 Å². The first-order valence-corrected chi connectivity index (χ1v) is 13.7. The highest BCUT2D eigenvalue weighted by atomic mass is 31.2. The maximum absolute atomic E-state index is 13.4. The minimum atomic E-state index is -3.73. The van der Waals surface area contributed by atoms with Crippen LogP contribution in [-0.2, 0) is 47.2 Å². The summed E-state index contributed by atoms with van der Waals surface area (Å²) in [6.07, 6.45) is 1.27. The third kappa shape index (κ3) is 8.91. The highest BCUT2D eigenvalue weighted by Crippen LogP contribution is 2.40. The van der Waals surface area contributed by atoms with Crippen LogP contribution in [-0.4, -0.2) is 79.1 Å². The summed E-state index contributed by atoms with van der Waals surface area (Å²) in [4.78, 5) is 48.9. The molecule has 6 atom stereocenters. The number of carbonyl (C=O) groups excluding carboxylic acids is 4. The average molecular weight is 561 g/mol. The summed E-state index contributed by atoms with van der Waals surface area (Å²) in [5.41, 5.74) is 5.73. The lowest BCUT2D eigenvalue weighted by Crippen LogP contribution is -2.44. The van der Waals surface area contributed by atoms with Crippen molar-refractivity contribution in [1.29, 1.82) is 0 Å². The normalized spacial score (nSPS) is 25.3. The van der Waals surface area contributed by atoms with Gasteiger partial charge in [0.25, 0.3) is 0 Å². The van der Waals surface area contributed by atoms with E-state index in [9.17, 15) is 23.7 Å². The summed E-state index contributed by atoms with van der Waals surface area (Å²) in [5, 5.41) is 5.43. The molecule has 2 heterocycles. The molecule has 0 spiro atoms. The van der Waals surface area contributed by atoms with Crippen LogP contribution in [0.4, 0.5) is 0 Å². The van der Waals surface area contributed by atoms with Crippen LogP contribution in [0.5, 0.6) is 0 Å². The van der Waals surface area contributed by atoms with Crippen molar-refractivity contribution in [2.24, 2.45) is 5.73 Å². The molecule has 15 heteroatoms. The molecule has 0 aliphatic carbocycles. The maximum Gasteiger partial charge on any atom is 0.341 e.